The third-order valence-electron chi connectivity index (χ3n) is 3.68. The van der Waals surface area contributed by atoms with Gasteiger partial charge in [-0.15, -0.1) is 0 Å². The predicted molar refractivity (Wildman–Crippen MR) is 100 cm³/mol. The second-order valence-corrected chi connectivity index (χ2v) is 8.17. The number of aliphatic carboxylic acids is 1. The second-order valence-electron chi connectivity index (χ2n) is 5.39. The lowest BCUT2D eigenvalue weighted by atomic mass is 10.1. The minimum atomic E-state index is -4.03. The molecule has 0 spiro atoms. The summed E-state index contributed by atoms with van der Waals surface area (Å²) in [5.41, 5.74) is 0.282. The smallest absolute Gasteiger partial charge is 0.324 e. The first kappa shape index (κ1) is 17.4. The number of hydrogen-bond donors (Lipinski definition) is 1. The van der Waals surface area contributed by atoms with E-state index in [1.807, 2.05) is 24.3 Å². The topological polar surface area (TPSA) is 74.7 Å². The fourth-order valence-corrected chi connectivity index (χ4v) is 4.35. The van der Waals surface area contributed by atoms with Crippen LogP contribution in [-0.4, -0.2) is 26.0 Å². The van der Waals surface area contributed by atoms with Gasteiger partial charge in [-0.05, 0) is 41.1 Å². The third kappa shape index (κ3) is 3.67. The van der Waals surface area contributed by atoms with Crippen LogP contribution in [0.4, 0.5) is 5.69 Å². The molecule has 0 fully saturated rings. The zero-order valence-corrected chi connectivity index (χ0v) is 15.4. The summed E-state index contributed by atoms with van der Waals surface area (Å²) in [6, 6.07) is 18.7. The Morgan fingerprint density at radius 1 is 0.960 bits per heavy atom. The Balaban J connectivity index is 2.13. The average molecular weight is 420 g/mol. The Hall–Kier alpha value is -2.38. The Labute approximate surface area is 153 Å². The largest absolute Gasteiger partial charge is 0.480 e. The lowest BCUT2D eigenvalue weighted by Gasteiger charge is -2.23. The average Bonchev–Trinajstić information content (AvgIpc) is 2.59. The summed E-state index contributed by atoms with van der Waals surface area (Å²) in [6.07, 6.45) is 0. The van der Waals surface area contributed by atoms with E-state index in [9.17, 15) is 18.3 Å². The van der Waals surface area contributed by atoms with Crippen LogP contribution in [-0.2, 0) is 14.8 Å². The van der Waals surface area contributed by atoms with Crippen molar-refractivity contribution in [3.05, 3.63) is 71.2 Å². The summed E-state index contributed by atoms with van der Waals surface area (Å²) in [7, 11) is -4.03. The minimum absolute atomic E-state index is 0.0485. The van der Waals surface area contributed by atoms with Crippen molar-refractivity contribution in [2.24, 2.45) is 0 Å². The molecule has 0 saturated carbocycles. The van der Waals surface area contributed by atoms with Crippen LogP contribution in [0.3, 0.4) is 0 Å². The first-order valence-electron chi connectivity index (χ1n) is 7.37. The molecule has 0 saturated heterocycles. The molecule has 7 heteroatoms. The molecule has 0 aliphatic carbocycles. The van der Waals surface area contributed by atoms with Crippen molar-refractivity contribution in [2.45, 2.75) is 4.90 Å². The highest BCUT2D eigenvalue weighted by atomic mass is 79.9. The van der Waals surface area contributed by atoms with Crippen molar-refractivity contribution < 1.29 is 18.3 Å². The van der Waals surface area contributed by atoms with Crippen molar-refractivity contribution in [1.82, 2.24) is 0 Å². The highest BCUT2D eigenvalue weighted by Crippen LogP contribution is 2.28. The SMILES string of the molecule is O=C(O)CN(c1cccc(Br)c1)S(=O)(=O)c1ccc2ccccc2c1. The number of fused-ring (bicyclic) bond motifs is 1. The van der Waals surface area contributed by atoms with Crippen molar-refractivity contribution in [1.29, 1.82) is 0 Å². The Bertz CT molecular complexity index is 1050. The van der Waals surface area contributed by atoms with E-state index in [0.29, 0.717) is 4.47 Å². The highest BCUT2D eigenvalue weighted by molar-refractivity contribution is 9.10. The summed E-state index contributed by atoms with van der Waals surface area (Å²) in [6.45, 7) is -0.661. The molecule has 0 heterocycles. The summed E-state index contributed by atoms with van der Waals surface area (Å²) >= 11 is 3.28. The lowest BCUT2D eigenvalue weighted by Crippen LogP contribution is -2.35. The van der Waals surface area contributed by atoms with Gasteiger partial charge in [0, 0.05) is 4.47 Å². The number of hydrogen-bond acceptors (Lipinski definition) is 3. The number of nitrogens with zero attached hydrogens (tertiary/aromatic N) is 1. The van der Waals surface area contributed by atoms with Gasteiger partial charge in [-0.3, -0.25) is 9.10 Å². The molecule has 1 N–H and O–H groups in total. The Morgan fingerprint density at radius 3 is 2.36 bits per heavy atom. The van der Waals surface area contributed by atoms with Crippen LogP contribution in [0.1, 0.15) is 0 Å². The molecule has 0 radical (unpaired) electrons. The van der Waals surface area contributed by atoms with Gasteiger partial charge in [0.1, 0.15) is 6.54 Å². The Kier molecular flexibility index (Phi) is 4.78. The number of carbonyl (C=O) groups is 1. The molecule has 0 aliphatic heterocycles. The maximum Gasteiger partial charge on any atom is 0.324 e. The van der Waals surface area contributed by atoms with Crippen molar-refractivity contribution in [3.63, 3.8) is 0 Å². The van der Waals surface area contributed by atoms with Gasteiger partial charge in [-0.2, -0.15) is 0 Å². The lowest BCUT2D eigenvalue weighted by molar-refractivity contribution is -0.135. The van der Waals surface area contributed by atoms with Crippen LogP contribution in [0.15, 0.2) is 76.1 Å². The van der Waals surface area contributed by atoms with Crippen molar-refractivity contribution in [2.75, 3.05) is 10.8 Å². The maximum absolute atomic E-state index is 13.1. The van der Waals surface area contributed by atoms with Gasteiger partial charge in [0.05, 0.1) is 10.6 Å². The van der Waals surface area contributed by atoms with Crippen LogP contribution in [0, 0.1) is 0 Å². The van der Waals surface area contributed by atoms with E-state index in [-0.39, 0.29) is 10.6 Å². The van der Waals surface area contributed by atoms with Crippen LogP contribution < -0.4 is 4.31 Å². The molecular formula is C18H14BrNO4S. The highest BCUT2D eigenvalue weighted by Gasteiger charge is 2.27. The van der Waals surface area contributed by atoms with Gasteiger partial charge in [0.15, 0.2) is 0 Å². The summed E-state index contributed by atoms with van der Waals surface area (Å²) in [5.74, 6) is -1.23. The fraction of sp³-hybridized carbons (Fsp3) is 0.0556. The molecule has 5 nitrogen and oxygen atoms in total. The van der Waals surface area contributed by atoms with Crippen LogP contribution in [0.25, 0.3) is 10.8 Å². The van der Waals surface area contributed by atoms with E-state index in [1.54, 1.807) is 36.4 Å². The van der Waals surface area contributed by atoms with Crippen LogP contribution in [0.5, 0.6) is 0 Å². The number of sulfonamides is 1. The van der Waals surface area contributed by atoms with Crippen molar-refractivity contribution >= 4 is 48.4 Å². The molecule has 0 atom stereocenters. The summed E-state index contributed by atoms with van der Waals surface area (Å²) in [5, 5.41) is 10.9. The maximum atomic E-state index is 13.1. The predicted octanol–water partition coefficient (Wildman–Crippen LogP) is 3.88. The number of carboxylic acids is 1. The first-order valence-corrected chi connectivity index (χ1v) is 9.60. The first-order chi connectivity index (χ1) is 11.9. The number of halogens is 1. The Morgan fingerprint density at radius 2 is 1.68 bits per heavy atom. The molecule has 0 amide bonds. The summed E-state index contributed by atoms with van der Waals surface area (Å²) < 4.78 is 27.7. The molecule has 3 rings (SSSR count). The molecule has 0 aliphatic rings. The molecule has 3 aromatic rings. The number of benzene rings is 3. The van der Waals surface area contributed by atoms with E-state index >= 15 is 0 Å². The van der Waals surface area contributed by atoms with Gasteiger partial charge in [-0.25, -0.2) is 8.42 Å². The summed E-state index contributed by atoms with van der Waals surface area (Å²) in [4.78, 5) is 11.3. The van der Waals surface area contributed by atoms with E-state index in [4.69, 9.17) is 0 Å². The quantitative estimate of drug-likeness (QED) is 0.680. The molecule has 128 valence electrons. The second kappa shape index (κ2) is 6.85. The molecule has 0 bridgehead atoms. The number of carboxylic acid groups (broad SMARTS) is 1. The van der Waals surface area contributed by atoms with Crippen molar-refractivity contribution in [3.8, 4) is 0 Å². The van der Waals surface area contributed by atoms with E-state index in [1.165, 1.54) is 6.07 Å². The zero-order chi connectivity index (χ0) is 18.0. The number of rotatable bonds is 5. The van der Waals surface area contributed by atoms with Crippen LogP contribution >= 0.6 is 15.9 Å². The van der Waals surface area contributed by atoms with Gasteiger partial charge < -0.3 is 5.11 Å². The third-order valence-corrected chi connectivity index (χ3v) is 5.95. The van der Waals surface area contributed by atoms with Gasteiger partial charge in [0.25, 0.3) is 10.0 Å². The normalized spacial score (nSPS) is 11.4. The van der Waals surface area contributed by atoms with E-state index in [2.05, 4.69) is 15.9 Å². The van der Waals surface area contributed by atoms with Gasteiger partial charge >= 0.3 is 5.97 Å². The molecule has 3 aromatic carbocycles. The van der Waals surface area contributed by atoms with Crippen LogP contribution in [0.2, 0.25) is 0 Å². The molecule has 25 heavy (non-hydrogen) atoms. The molecule has 0 aromatic heterocycles. The van der Waals surface area contributed by atoms with Gasteiger partial charge in [0.2, 0.25) is 0 Å². The minimum Gasteiger partial charge on any atom is -0.480 e. The molecule has 0 unspecified atom stereocenters. The van der Waals surface area contributed by atoms with E-state index in [0.717, 1.165) is 15.1 Å². The zero-order valence-electron chi connectivity index (χ0n) is 13.0. The standard InChI is InChI=1S/C18H14BrNO4S/c19-15-6-3-7-16(11-15)20(12-18(21)22)25(23,24)17-9-8-13-4-1-2-5-14(13)10-17/h1-11H,12H2,(H,21,22). The fourth-order valence-electron chi connectivity index (χ4n) is 2.52. The monoisotopic (exact) mass is 419 g/mol. The molecular weight excluding hydrogens is 406 g/mol. The van der Waals surface area contributed by atoms with Gasteiger partial charge in [-0.1, -0.05) is 52.3 Å². The van der Waals surface area contributed by atoms with E-state index < -0.39 is 22.5 Å². The number of anilines is 1.